The van der Waals surface area contributed by atoms with E-state index in [2.05, 4.69) is 12.2 Å². The molecule has 5 unspecified atom stereocenters. The van der Waals surface area contributed by atoms with Crippen LogP contribution < -0.4 is 0 Å². The average molecular weight is 232 g/mol. The Balaban J connectivity index is 1.48. The Hall–Kier alpha value is -0.300. The molecule has 17 heavy (non-hydrogen) atoms. The van der Waals surface area contributed by atoms with E-state index in [1.807, 2.05) is 0 Å². The fraction of sp³-hybridized carbons (Fsp3) is 0.875. The molecule has 0 saturated heterocycles. The number of hydrogen-bond donors (Lipinski definition) is 1. The minimum atomic E-state index is 0.0176. The van der Waals surface area contributed by atoms with Gasteiger partial charge in [-0.25, -0.2) is 0 Å². The van der Waals surface area contributed by atoms with E-state index in [4.69, 9.17) is 0 Å². The fourth-order valence-corrected chi connectivity index (χ4v) is 5.67. The summed E-state index contributed by atoms with van der Waals surface area (Å²) in [5.41, 5.74) is 0. The van der Waals surface area contributed by atoms with Crippen molar-refractivity contribution in [2.24, 2.45) is 35.5 Å². The van der Waals surface area contributed by atoms with Gasteiger partial charge in [0.05, 0.1) is 6.10 Å². The lowest BCUT2D eigenvalue weighted by molar-refractivity contribution is 0.0645. The second kappa shape index (κ2) is 3.85. The molecule has 0 heterocycles. The van der Waals surface area contributed by atoms with Crippen LogP contribution >= 0.6 is 0 Å². The first-order valence-corrected chi connectivity index (χ1v) is 7.67. The third kappa shape index (κ3) is 1.54. The van der Waals surface area contributed by atoms with Crippen LogP contribution in [0, 0.1) is 35.5 Å². The van der Waals surface area contributed by atoms with Crippen molar-refractivity contribution in [3.63, 3.8) is 0 Å². The van der Waals surface area contributed by atoms with Gasteiger partial charge in [0.2, 0.25) is 0 Å². The molecule has 94 valence electrons. The summed E-state index contributed by atoms with van der Waals surface area (Å²) in [6.07, 6.45) is 14.2. The molecule has 4 rings (SSSR count). The van der Waals surface area contributed by atoms with Crippen LogP contribution in [-0.4, -0.2) is 11.2 Å². The van der Waals surface area contributed by atoms with Gasteiger partial charge < -0.3 is 5.11 Å². The van der Waals surface area contributed by atoms with E-state index < -0.39 is 0 Å². The number of aliphatic hydroxyl groups excluding tert-OH is 1. The van der Waals surface area contributed by atoms with Crippen molar-refractivity contribution in [3.05, 3.63) is 12.2 Å². The Morgan fingerprint density at radius 2 is 1.59 bits per heavy atom. The van der Waals surface area contributed by atoms with Crippen molar-refractivity contribution >= 4 is 0 Å². The molecule has 4 aliphatic rings. The summed E-state index contributed by atoms with van der Waals surface area (Å²) in [5, 5.41) is 9.64. The van der Waals surface area contributed by atoms with Gasteiger partial charge in [0.15, 0.2) is 0 Å². The summed E-state index contributed by atoms with van der Waals surface area (Å²) >= 11 is 0. The van der Waals surface area contributed by atoms with Gasteiger partial charge in [0.1, 0.15) is 0 Å². The molecule has 3 saturated carbocycles. The predicted octanol–water partition coefficient (Wildman–Crippen LogP) is 3.39. The van der Waals surface area contributed by atoms with E-state index in [9.17, 15) is 5.11 Å². The van der Waals surface area contributed by atoms with Gasteiger partial charge >= 0.3 is 0 Å². The van der Waals surface area contributed by atoms with Crippen LogP contribution in [0.1, 0.15) is 44.9 Å². The quantitative estimate of drug-likeness (QED) is 0.687. The minimum absolute atomic E-state index is 0.0176. The van der Waals surface area contributed by atoms with E-state index in [0.717, 1.165) is 48.3 Å². The SMILES string of the molecule is OC1CCC(C2CC3CC2C2C=CCC32)CC1. The highest BCUT2D eigenvalue weighted by Crippen LogP contribution is 2.61. The van der Waals surface area contributed by atoms with Crippen LogP contribution in [0.2, 0.25) is 0 Å². The maximum Gasteiger partial charge on any atom is 0.0540 e. The maximum atomic E-state index is 9.64. The molecule has 0 aliphatic heterocycles. The second-order valence-electron chi connectivity index (χ2n) is 7.03. The van der Waals surface area contributed by atoms with Crippen molar-refractivity contribution < 1.29 is 5.11 Å². The molecule has 0 amide bonds. The minimum Gasteiger partial charge on any atom is -0.393 e. The molecule has 0 aromatic rings. The number of aliphatic hydroxyl groups is 1. The number of hydrogen-bond acceptors (Lipinski definition) is 1. The first-order valence-electron chi connectivity index (χ1n) is 7.67. The molecular weight excluding hydrogens is 208 g/mol. The highest BCUT2D eigenvalue weighted by molar-refractivity contribution is 5.14. The molecule has 1 N–H and O–H groups in total. The van der Waals surface area contributed by atoms with Gasteiger partial charge in [0.25, 0.3) is 0 Å². The van der Waals surface area contributed by atoms with E-state index in [-0.39, 0.29) is 6.10 Å². The number of rotatable bonds is 1. The normalized spacial score (nSPS) is 56.4. The van der Waals surface area contributed by atoms with Gasteiger partial charge in [-0.3, -0.25) is 0 Å². The molecule has 1 nitrogen and oxygen atoms in total. The van der Waals surface area contributed by atoms with Crippen LogP contribution in [-0.2, 0) is 0 Å². The zero-order valence-electron chi connectivity index (χ0n) is 10.6. The zero-order chi connectivity index (χ0) is 11.4. The molecule has 0 aromatic carbocycles. The van der Waals surface area contributed by atoms with Crippen LogP contribution in [0.5, 0.6) is 0 Å². The first-order chi connectivity index (χ1) is 8.33. The largest absolute Gasteiger partial charge is 0.393 e. The fourth-order valence-electron chi connectivity index (χ4n) is 5.67. The summed E-state index contributed by atoms with van der Waals surface area (Å²) in [4.78, 5) is 0. The number of fused-ring (bicyclic) bond motifs is 5. The van der Waals surface area contributed by atoms with Gasteiger partial charge in [-0.2, -0.15) is 0 Å². The van der Waals surface area contributed by atoms with Crippen LogP contribution in [0.3, 0.4) is 0 Å². The molecule has 0 radical (unpaired) electrons. The summed E-state index contributed by atoms with van der Waals surface area (Å²) in [6.45, 7) is 0. The highest BCUT2D eigenvalue weighted by Gasteiger charge is 2.53. The Kier molecular flexibility index (Phi) is 2.40. The van der Waals surface area contributed by atoms with E-state index in [1.54, 1.807) is 0 Å². The zero-order valence-corrected chi connectivity index (χ0v) is 10.6. The Morgan fingerprint density at radius 3 is 2.41 bits per heavy atom. The third-order valence-electron chi connectivity index (χ3n) is 6.41. The van der Waals surface area contributed by atoms with Crippen molar-refractivity contribution in [1.29, 1.82) is 0 Å². The predicted molar refractivity (Wildman–Crippen MR) is 68.4 cm³/mol. The summed E-state index contributed by atoms with van der Waals surface area (Å²) in [5.74, 6) is 6.01. The Bertz CT molecular complexity index is 326. The molecule has 5 atom stereocenters. The topological polar surface area (TPSA) is 20.2 Å². The van der Waals surface area contributed by atoms with Crippen molar-refractivity contribution in [2.45, 2.75) is 51.0 Å². The third-order valence-corrected chi connectivity index (χ3v) is 6.41. The lowest BCUT2D eigenvalue weighted by Gasteiger charge is -2.38. The monoisotopic (exact) mass is 232 g/mol. The maximum absolute atomic E-state index is 9.64. The summed E-state index contributed by atoms with van der Waals surface area (Å²) in [7, 11) is 0. The van der Waals surface area contributed by atoms with Gasteiger partial charge in [-0.05, 0) is 80.5 Å². The van der Waals surface area contributed by atoms with Crippen molar-refractivity contribution in [2.75, 3.05) is 0 Å². The van der Waals surface area contributed by atoms with Gasteiger partial charge in [-0.15, -0.1) is 0 Å². The molecule has 2 bridgehead atoms. The highest BCUT2D eigenvalue weighted by atomic mass is 16.3. The van der Waals surface area contributed by atoms with E-state index >= 15 is 0 Å². The van der Waals surface area contributed by atoms with Crippen LogP contribution in [0.4, 0.5) is 0 Å². The summed E-state index contributed by atoms with van der Waals surface area (Å²) < 4.78 is 0. The molecule has 4 aliphatic carbocycles. The lowest BCUT2D eigenvalue weighted by Crippen LogP contribution is -2.32. The van der Waals surface area contributed by atoms with E-state index in [1.165, 1.54) is 32.1 Å². The van der Waals surface area contributed by atoms with E-state index in [0.29, 0.717) is 0 Å². The molecule has 0 aromatic heterocycles. The lowest BCUT2D eigenvalue weighted by atomic mass is 9.67. The van der Waals surface area contributed by atoms with Crippen LogP contribution in [0.25, 0.3) is 0 Å². The standard InChI is InChI=1S/C16H24O/c17-12-6-4-10(5-7-12)15-8-11-9-16(15)14-3-1-2-13(11)14/h1,3,10-17H,2,4-9H2. The average Bonchev–Trinajstić information content (AvgIpc) is 3.02. The smallest absolute Gasteiger partial charge is 0.0540 e. The summed E-state index contributed by atoms with van der Waals surface area (Å²) in [6, 6.07) is 0. The molecule has 3 fully saturated rings. The second-order valence-corrected chi connectivity index (χ2v) is 7.03. The number of allylic oxidation sites excluding steroid dienone is 2. The molecule has 0 spiro atoms. The first kappa shape index (κ1) is 10.6. The Labute approximate surface area is 104 Å². The van der Waals surface area contributed by atoms with Gasteiger partial charge in [-0.1, -0.05) is 12.2 Å². The van der Waals surface area contributed by atoms with Gasteiger partial charge in [0, 0.05) is 0 Å². The van der Waals surface area contributed by atoms with Crippen molar-refractivity contribution in [3.8, 4) is 0 Å². The Morgan fingerprint density at radius 1 is 0.824 bits per heavy atom. The van der Waals surface area contributed by atoms with Crippen molar-refractivity contribution in [1.82, 2.24) is 0 Å². The molecular formula is C16H24O. The van der Waals surface area contributed by atoms with Crippen LogP contribution in [0.15, 0.2) is 12.2 Å². The molecule has 1 heteroatoms.